The SMILES string of the molecule is CCOC1CC(NC(=O)C(S)Cc2ccccc2)C1. The van der Waals surface area contributed by atoms with Gasteiger partial charge in [0.05, 0.1) is 11.4 Å². The number of hydrogen-bond acceptors (Lipinski definition) is 3. The first-order valence-corrected chi connectivity index (χ1v) is 7.34. The first-order valence-electron chi connectivity index (χ1n) is 6.83. The van der Waals surface area contributed by atoms with Crippen LogP contribution in [0, 0.1) is 0 Å². The van der Waals surface area contributed by atoms with Gasteiger partial charge in [-0.1, -0.05) is 30.3 Å². The van der Waals surface area contributed by atoms with Gasteiger partial charge < -0.3 is 10.1 Å². The molecule has 1 saturated carbocycles. The van der Waals surface area contributed by atoms with Crippen molar-refractivity contribution in [1.82, 2.24) is 5.32 Å². The lowest BCUT2D eigenvalue weighted by Gasteiger charge is -2.35. The monoisotopic (exact) mass is 279 g/mol. The maximum absolute atomic E-state index is 12.0. The Balaban J connectivity index is 1.72. The number of amides is 1. The largest absolute Gasteiger partial charge is 0.378 e. The van der Waals surface area contributed by atoms with Crippen LogP contribution in [-0.4, -0.2) is 29.9 Å². The topological polar surface area (TPSA) is 38.3 Å². The second kappa shape index (κ2) is 6.96. The van der Waals surface area contributed by atoms with Gasteiger partial charge in [-0.25, -0.2) is 0 Å². The van der Waals surface area contributed by atoms with Gasteiger partial charge in [-0.15, -0.1) is 0 Å². The van der Waals surface area contributed by atoms with Gasteiger partial charge in [-0.05, 0) is 31.7 Å². The Morgan fingerprint density at radius 1 is 1.42 bits per heavy atom. The van der Waals surface area contributed by atoms with Gasteiger partial charge in [0.25, 0.3) is 0 Å². The molecule has 2 rings (SSSR count). The van der Waals surface area contributed by atoms with Crippen molar-refractivity contribution in [3.05, 3.63) is 35.9 Å². The third-order valence-corrected chi connectivity index (χ3v) is 3.84. The minimum atomic E-state index is -0.284. The fourth-order valence-corrected chi connectivity index (χ4v) is 2.57. The molecule has 0 heterocycles. The van der Waals surface area contributed by atoms with E-state index in [1.54, 1.807) is 0 Å². The summed E-state index contributed by atoms with van der Waals surface area (Å²) in [4.78, 5) is 12.0. The highest BCUT2D eigenvalue weighted by Crippen LogP contribution is 2.23. The molecule has 1 amide bonds. The van der Waals surface area contributed by atoms with E-state index in [4.69, 9.17) is 4.74 Å². The smallest absolute Gasteiger partial charge is 0.233 e. The van der Waals surface area contributed by atoms with Gasteiger partial charge in [-0.3, -0.25) is 4.79 Å². The van der Waals surface area contributed by atoms with Crippen molar-refractivity contribution in [1.29, 1.82) is 0 Å². The molecule has 1 aliphatic carbocycles. The van der Waals surface area contributed by atoms with Crippen LogP contribution in [0.15, 0.2) is 30.3 Å². The maximum Gasteiger partial charge on any atom is 0.233 e. The van der Waals surface area contributed by atoms with Gasteiger partial charge >= 0.3 is 0 Å². The number of carbonyl (C=O) groups is 1. The van der Waals surface area contributed by atoms with Crippen LogP contribution < -0.4 is 5.32 Å². The summed E-state index contributed by atoms with van der Waals surface area (Å²) in [5.41, 5.74) is 1.14. The zero-order chi connectivity index (χ0) is 13.7. The summed E-state index contributed by atoms with van der Waals surface area (Å²) in [6, 6.07) is 10.2. The average molecular weight is 279 g/mol. The molecule has 1 unspecified atom stereocenters. The van der Waals surface area contributed by atoms with Crippen LogP contribution in [0.5, 0.6) is 0 Å². The maximum atomic E-state index is 12.0. The van der Waals surface area contributed by atoms with Crippen LogP contribution in [0.2, 0.25) is 0 Å². The van der Waals surface area contributed by atoms with Crippen molar-refractivity contribution in [3.8, 4) is 0 Å². The van der Waals surface area contributed by atoms with E-state index in [1.165, 1.54) is 0 Å². The van der Waals surface area contributed by atoms with Crippen molar-refractivity contribution in [2.24, 2.45) is 0 Å². The number of benzene rings is 1. The van der Waals surface area contributed by atoms with Gasteiger partial charge in [0.15, 0.2) is 0 Å². The Kier molecular flexibility index (Phi) is 5.28. The van der Waals surface area contributed by atoms with Crippen LogP contribution in [0.4, 0.5) is 0 Å². The summed E-state index contributed by atoms with van der Waals surface area (Å²) in [7, 11) is 0. The third-order valence-electron chi connectivity index (χ3n) is 3.42. The first kappa shape index (κ1) is 14.4. The molecule has 0 aliphatic heterocycles. The zero-order valence-corrected chi connectivity index (χ0v) is 12.1. The summed E-state index contributed by atoms with van der Waals surface area (Å²) in [6.07, 6.45) is 2.83. The fourth-order valence-electron chi connectivity index (χ4n) is 2.28. The second-order valence-corrected chi connectivity index (χ2v) is 5.58. The number of nitrogens with one attached hydrogen (secondary N) is 1. The predicted molar refractivity (Wildman–Crippen MR) is 79.5 cm³/mol. The number of carbonyl (C=O) groups excluding carboxylic acids is 1. The van der Waals surface area contributed by atoms with Gasteiger partial charge in [0.1, 0.15) is 0 Å². The average Bonchev–Trinajstić information content (AvgIpc) is 2.37. The molecule has 0 radical (unpaired) electrons. The second-order valence-electron chi connectivity index (χ2n) is 4.96. The minimum absolute atomic E-state index is 0.0205. The molecule has 1 fully saturated rings. The molecule has 1 aromatic rings. The van der Waals surface area contributed by atoms with E-state index in [-0.39, 0.29) is 17.2 Å². The van der Waals surface area contributed by atoms with Crippen LogP contribution in [0.25, 0.3) is 0 Å². The highest BCUT2D eigenvalue weighted by atomic mass is 32.1. The standard InChI is InChI=1S/C15H21NO2S/c1-2-18-13-9-12(10-13)16-15(17)14(19)8-11-6-4-3-5-7-11/h3-7,12-14,19H,2,8-10H2,1H3,(H,16,17). The molecule has 1 aliphatic rings. The quantitative estimate of drug-likeness (QED) is 0.784. The highest BCUT2D eigenvalue weighted by Gasteiger charge is 2.31. The molecule has 0 spiro atoms. The molecule has 1 aromatic carbocycles. The Morgan fingerprint density at radius 2 is 2.11 bits per heavy atom. The Morgan fingerprint density at radius 3 is 2.74 bits per heavy atom. The summed E-state index contributed by atoms with van der Waals surface area (Å²) in [5.74, 6) is 0.0205. The van der Waals surface area contributed by atoms with Crippen molar-refractivity contribution in [3.63, 3.8) is 0 Å². The predicted octanol–water partition coefficient (Wildman–Crippen LogP) is 2.21. The van der Waals surface area contributed by atoms with E-state index in [0.717, 1.165) is 25.0 Å². The summed E-state index contributed by atoms with van der Waals surface area (Å²) in [6.45, 7) is 2.74. The highest BCUT2D eigenvalue weighted by molar-refractivity contribution is 7.81. The molecular weight excluding hydrogens is 258 g/mol. The number of rotatable bonds is 6. The van der Waals surface area contributed by atoms with E-state index in [9.17, 15) is 4.79 Å². The first-order chi connectivity index (χ1) is 9.19. The van der Waals surface area contributed by atoms with Crippen LogP contribution in [-0.2, 0) is 16.0 Å². The molecule has 19 heavy (non-hydrogen) atoms. The van der Waals surface area contributed by atoms with Crippen molar-refractivity contribution >= 4 is 18.5 Å². The lowest BCUT2D eigenvalue weighted by atomic mass is 9.89. The van der Waals surface area contributed by atoms with Gasteiger partial charge in [0, 0.05) is 12.6 Å². The summed E-state index contributed by atoms with van der Waals surface area (Å²) >= 11 is 4.39. The van der Waals surface area contributed by atoms with E-state index >= 15 is 0 Å². The lowest BCUT2D eigenvalue weighted by Crippen LogP contribution is -2.50. The summed E-state index contributed by atoms with van der Waals surface area (Å²) < 4.78 is 5.48. The van der Waals surface area contributed by atoms with Crippen LogP contribution >= 0.6 is 12.6 Å². The third kappa shape index (κ3) is 4.25. The van der Waals surface area contributed by atoms with Crippen LogP contribution in [0.1, 0.15) is 25.3 Å². The fraction of sp³-hybridized carbons (Fsp3) is 0.533. The molecule has 4 heteroatoms. The molecule has 0 bridgehead atoms. The van der Waals surface area contributed by atoms with E-state index < -0.39 is 0 Å². The number of thiol groups is 1. The van der Waals surface area contributed by atoms with E-state index in [1.807, 2.05) is 37.3 Å². The van der Waals surface area contributed by atoms with Crippen molar-refractivity contribution < 1.29 is 9.53 Å². The van der Waals surface area contributed by atoms with Gasteiger partial charge in [-0.2, -0.15) is 12.6 Å². The lowest BCUT2D eigenvalue weighted by molar-refractivity contribution is -0.123. The van der Waals surface area contributed by atoms with Crippen molar-refractivity contribution in [2.75, 3.05) is 6.61 Å². The van der Waals surface area contributed by atoms with E-state index in [2.05, 4.69) is 17.9 Å². The zero-order valence-electron chi connectivity index (χ0n) is 11.2. The van der Waals surface area contributed by atoms with Crippen molar-refractivity contribution in [2.45, 2.75) is 43.6 Å². The Labute approximate surface area is 120 Å². The van der Waals surface area contributed by atoms with Gasteiger partial charge in [0.2, 0.25) is 5.91 Å². The molecule has 3 nitrogen and oxygen atoms in total. The molecular formula is C15H21NO2S. The molecule has 1 atom stereocenters. The Hall–Kier alpha value is -1.00. The number of hydrogen-bond donors (Lipinski definition) is 2. The Bertz CT molecular complexity index is 404. The molecule has 1 N–H and O–H groups in total. The molecule has 0 aromatic heterocycles. The molecule has 104 valence electrons. The molecule has 0 saturated heterocycles. The minimum Gasteiger partial charge on any atom is -0.378 e. The summed E-state index contributed by atoms with van der Waals surface area (Å²) in [5, 5.41) is 2.75. The van der Waals surface area contributed by atoms with E-state index in [0.29, 0.717) is 12.5 Å². The van der Waals surface area contributed by atoms with Crippen LogP contribution in [0.3, 0.4) is 0 Å². The normalized spacial score (nSPS) is 23.5. The number of ether oxygens (including phenoxy) is 1.